The van der Waals surface area contributed by atoms with E-state index in [2.05, 4.69) is 5.32 Å². The fraction of sp³-hybridized carbons (Fsp3) is 0.588. The van der Waals surface area contributed by atoms with Crippen molar-refractivity contribution in [2.45, 2.75) is 32.1 Å². The summed E-state index contributed by atoms with van der Waals surface area (Å²) in [4.78, 5) is 12.1. The van der Waals surface area contributed by atoms with E-state index in [1.807, 2.05) is 0 Å². The van der Waals surface area contributed by atoms with E-state index < -0.39 is 31.8 Å². The molecule has 1 N–H and O–H groups in total. The van der Waals surface area contributed by atoms with Crippen LogP contribution in [0.25, 0.3) is 0 Å². The number of benzene rings is 1. The van der Waals surface area contributed by atoms with Crippen LogP contribution in [0.2, 0.25) is 0 Å². The summed E-state index contributed by atoms with van der Waals surface area (Å²) in [6.07, 6.45) is 0.334. The van der Waals surface area contributed by atoms with E-state index in [-0.39, 0.29) is 42.4 Å². The van der Waals surface area contributed by atoms with Gasteiger partial charge in [-0.2, -0.15) is 4.31 Å². The Morgan fingerprint density at radius 2 is 1.71 bits per heavy atom. The van der Waals surface area contributed by atoms with Gasteiger partial charge in [0.2, 0.25) is 20.0 Å². The van der Waals surface area contributed by atoms with Crippen molar-refractivity contribution in [1.82, 2.24) is 13.9 Å². The van der Waals surface area contributed by atoms with Gasteiger partial charge in [-0.1, -0.05) is 13.8 Å². The molecule has 0 spiro atoms. The Morgan fingerprint density at radius 3 is 2.25 bits per heavy atom. The maximum absolute atomic E-state index is 14.1. The monoisotopic (exact) mass is 437 g/mol. The van der Waals surface area contributed by atoms with Gasteiger partial charge in [-0.25, -0.2) is 25.5 Å². The van der Waals surface area contributed by atoms with Crippen LogP contribution in [0.1, 0.15) is 37.6 Å². The molecule has 11 heteroatoms. The SMILES string of the molecule is CCN(CC)S(=O)(=O)c1ccc(F)c(C(=O)NCCCN(C)S(=O)(=O)CC)c1. The van der Waals surface area contributed by atoms with E-state index in [1.165, 1.54) is 22.6 Å². The predicted molar refractivity (Wildman–Crippen MR) is 106 cm³/mol. The standard InChI is InChI=1S/C17H28FN3O5S2/c1-5-21(6-2)28(25,26)14-9-10-16(18)15(13-14)17(22)19-11-8-12-20(4)27(23,24)7-3/h9-10,13H,5-8,11-12H2,1-4H3,(H,19,22). The Kier molecular flexibility index (Phi) is 8.99. The number of hydrogen-bond acceptors (Lipinski definition) is 5. The summed E-state index contributed by atoms with van der Waals surface area (Å²) < 4.78 is 64.9. The first kappa shape index (κ1) is 24.5. The van der Waals surface area contributed by atoms with Crippen LogP contribution in [0.5, 0.6) is 0 Å². The number of nitrogens with zero attached hydrogens (tertiary/aromatic N) is 2. The zero-order valence-electron chi connectivity index (χ0n) is 16.6. The van der Waals surface area contributed by atoms with E-state index in [4.69, 9.17) is 0 Å². The normalized spacial score (nSPS) is 12.5. The summed E-state index contributed by atoms with van der Waals surface area (Å²) in [6.45, 7) is 5.75. The van der Waals surface area contributed by atoms with E-state index in [0.29, 0.717) is 6.42 Å². The number of nitrogens with one attached hydrogen (secondary N) is 1. The molecule has 8 nitrogen and oxygen atoms in total. The second-order valence-corrected chi connectivity index (χ2v) is 10.4. The van der Waals surface area contributed by atoms with Crippen molar-refractivity contribution in [3.8, 4) is 0 Å². The second-order valence-electron chi connectivity index (χ2n) is 6.06. The average Bonchev–Trinajstić information content (AvgIpc) is 2.65. The van der Waals surface area contributed by atoms with Gasteiger partial charge >= 0.3 is 0 Å². The Morgan fingerprint density at radius 1 is 1.11 bits per heavy atom. The van der Waals surface area contributed by atoms with Crippen LogP contribution in [-0.2, 0) is 20.0 Å². The largest absolute Gasteiger partial charge is 0.352 e. The highest BCUT2D eigenvalue weighted by Gasteiger charge is 2.24. The smallest absolute Gasteiger partial charge is 0.254 e. The van der Waals surface area contributed by atoms with Gasteiger partial charge in [-0.15, -0.1) is 0 Å². The maximum atomic E-state index is 14.1. The first-order chi connectivity index (χ1) is 13.0. The van der Waals surface area contributed by atoms with Crippen LogP contribution in [0.4, 0.5) is 4.39 Å². The van der Waals surface area contributed by atoms with Crippen molar-refractivity contribution >= 4 is 26.0 Å². The Bertz CT molecular complexity index is 884. The molecule has 0 atom stereocenters. The molecule has 0 aromatic heterocycles. The number of halogens is 1. The molecule has 0 saturated heterocycles. The zero-order chi connectivity index (χ0) is 21.5. The zero-order valence-corrected chi connectivity index (χ0v) is 18.2. The first-order valence-corrected chi connectivity index (χ1v) is 12.1. The summed E-state index contributed by atoms with van der Waals surface area (Å²) in [5, 5.41) is 2.49. The summed E-state index contributed by atoms with van der Waals surface area (Å²) in [6, 6.07) is 3.10. The van der Waals surface area contributed by atoms with E-state index >= 15 is 0 Å². The molecule has 1 aromatic carbocycles. The summed E-state index contributed by atoms with van der Waals surface area (Å²) >= 11 is 0. The van der Waals surface area contributed by atoms with Gasteiger partial charge in [0, 0.05) is 33.2 Å². The molecule has 0 heterocycles. The van der Waals surface area contributed by atoms with Gasteiger partial charge in [-0.3, -0.25) is 4.79 Å². The van der Waals surface area contributed by atoms with Crippen LogP contribution in [0, 0.1) is 5.82 Å². The number of carbonyl (C=O) groups excluding carboxylic acids is 1. The molecular weight excluding hydrogens is 409 g/mol. The third kappa shape index (κ3) is 5.97. The Labute approximate surface area is 166 Å². The fourth-order valence-electron chi connectivity index (χ4n) is 2.51. The molecule has 0 radical (unpaired) electrons. The van der Waals surface area contributed by atoms with E-state index in [0.717, 1.165) is 18.2 Å². The lowest BCUT2D eigenvalue weighted by Crippen LogP contribution is -2.33. The third-order valence-electron chi connectivity index (χ3n) is 4.30. The summed E-state index contributed by atoms with van der Waals surface area (Å²) in [5.41, 5.74) is -0.372. The van der Waals surface area contributed by atoms with E-state index in [1.54, 1.807) is 13.8 Å². The van der Waals surface area contributed by atoms with Crippen molar-refractivity contribution in [3.63, 3.8) is 0 Å². The number of carbonyl (C=O) groups is 1. The maximum Gasteiger partial charge on any atom is 0.254 e. The minimum Gasteiger partial charge on any atom is -0.352 e. The van der Waals surface area contributed by atoms with Gasteiger partial charge in [0.25, 0.3) is 5.91 Å². The second kappa shape index (κ2) is 10.3. The van der Waals surface area contributed by atoms with Crippen molar-refractivity contribution in [1.29, 1.82) is 0 Å². The van der Waals surface area contributed by atoms with Gasteiger partial charge in [0.05, 0.1) is 16.2 Å². The molecule has 0 fully saturated rings. The highest BCUT2D eigenvalue weighted by atomic mass is 32.2. The topological polar surface area (TPSA) is 104 Å². The van der Waals surface area contributed by atoms with Crippen molar-refractivity contribution < 1.29 is 26.0 Å². The number of sulfonamides is 2. The summed E-state index contributed by atoms with van der Waals surface area (Å²) in [5.74, 6) is -1.61. The Hall–Kier alpha value is -1.56. The number of amides is 1. The average molecular weight is 438 g/mol. The van der Waals surface area contributed by atoms with Gasteiger partial charge < -0.3 is 5.32 Å². The molecule has 0 aliphatic heterocycles. The van der Waals surface area contributed by atoms with Gasteiger partial charge in [-0.05, 0) is 31.5 Å². The summed E-state index contributed by atoms with van der Waals surface area (Å²) in [7, 11) is -5.67. The van der Waals surface area contributed by atoms with Crippen molar-refractivity contribution in [2.24, 2.45) is 0 Å². The van der Waals surface area contributed by atoms with Gasteiger partial charge in [0.15, 0.2) is 0 Å². The van der Waals surface area contributed by atoms with Crippen molar-refractivity contribution in [2.75, 3.05) is 39.0 Å². The number of hydrogen-bond donors (Lipinski definition) is 1. The minimum absolute atomic E-state index is 0.0190. The van der Waals surface area contributed by atoms with E-state index in [9.17, 15) is 26.0 Å². The Balaban J connectivity index is 2.84. The van der Waals surface area contributed by atoms with Crippen LogP contribution in [-0.4, -0.2) is 70.3 Å². The lowest BCUT2D eigenvalue weighted by Gasteiger charge is -2.19. The molecule has 0 saturated carbocycles. The molecule has 0 unspecified atom stereocenters. The third-order valence-corrected chi connectivity index (χ3v) is 8.21. The van der Waals surface area contributed by atoms with Crippen LogP contribution < -0.4 is 5.32 Å². The first-order valence-electron chi connectivity index (χ1n) is 9.03. The lowest BCUT2D eigenvalue weighted by atomic mass is 10.2. The molecule has 0 bridgehead atoms. The fourth-order valence-corrected chi connectivity index (χ4v) is 4.84. The molecule has 1 amide bonds. The lowest BCUT2D eigenvalue weighted by molar-refractivity contribution is 0.0948. The highest BCUT2D eigenvalue weighted by Crippen LogP contribution is 2.19. The van der Waals surface area contributed by atoms with Crippen LogP contribution in [0.3, 0.4) is 0 Å². The molecule has 160 valence electrons. The molecule has 0 aliphatic rings. The predicted octanol–water partition coefficient (Wildman–Crippen LogP) is 1.26. The molecular formula is C17H28FN3O5S2. The molecule has 28 heavy (non-hydrogen) atoms. The van der Waals surface area contributed by atoms with Crippen LogP contribution in [0.15, 0.2) is 23.1 Å². The van der Waals surface area contributed by atoms with Crippen molar-refractivity contribution in [3.05, 3.63) is 29.6 Å². The molecule has 1 aromatic rings. The molecule has 1 rings (SSSR count). The molecule has 0 aliphatic carbocycles. The van der Waals surface area contributed by atoms with Gasteiger partial charge in [0.1, 0.15) is 5.82 Å². The minimum atomic E-state index is -3.82. The van der Waals surface area contributed by atoms with Crippen LogP contribution >= 0.6 is 0 Å². The number of rotatable bonds is 11. The quantitative estimate of drug-likeness (QED) is 0.525. The highest BCUT2D eigenvalue weighted by molar-refractivity contribution is 7.89.